The van der Waals surface area contributed by atoms with Gasteiger partial charge >= 0.3 is 0 Å². The fourth-order valence-electron chi connectivity index (χ4n) is 4.02. The molecule has 0 fully saturated rings. The number of ether oxygens (including phenoxy) is 2. The second-order valence-corrected chi connectivity index (χ2v) is 11.5. The molecule has 0 aromatic heterocycles. The predicted molar refractivity (Wildman–Crippen MR) is 170 cm³/mol. The van der Waals surface area contributed by atoms with Crippen LogP contribution in [0.5, 0.6) is 11.5 Å². The summed E-state index contributed by atoms with van der Waals surface area (Å²) in [7, 11) is 0. The molecule has 0 spiro atoms. The van der Waals surface area contributed by atoms with E-state index in [1.54, 1.807) is 97.9 Å². The molecule has 0 radical (unpaired) electrons. The quantitative estimate of drug-likeness (QED) is 0.132. The lowest BCUT2D eigenvalue weighted by atomic mass is 10.1. The smallest absolute Gasteiger partial charge is 0.272 e. The maximum atomic E-state index is 13.3. The zero-order valence-corrected chi connectivity index (χ0v) is 25.1. The molecular formula is C32H25Cl2N3O5S. The van der Waals surface area contributed by atoms with Crippen molar-refractivity contribution < 1.29 is 23.9 Å². The largest absolute Gasteiger partial charge is 0.454 e. The highest BCUT2D eigenvalue weighted by molar-refractivity contribution is 8.00. The number of fused-ring (bicyclic) bond motifs is 1. The Morgan fingerprint density at radius 1 is 0.837 bits per heavy atom. The van der Waals surface area contributed by atoms with Gasteiger partial charge in [-0.2, -0.15) is 0 Å². The molecule has 43 heavy (non-hydrogen) atoms. The molecule has 1 heterocycles. The van der Waals surface area contributed by atoms with Gasteiger partial charge in [-0.3, -0.25) is 14.4 Å². The van der Waals surface area contributed by atoms with Gasteiger partial charge < -0.3 is 25.4 Å². The van der Waals surface area contributed by atoms with E-state index >= 15 is 0 Å². The Balaban J connectivity index is 1.25. The number of benzene rings is 4. The molecule has 1 atom stereocenters. The molecule has 3 N–H and O–H groups in total. The number of rotatable bonds is 9. The van der Waals surface area contributed by atoms with Crippen LogP contribution in [0.4, 0.5) is 11.4 Å². The molecule has 4 aromatic carbocycles. The average Bonchev–Trinajstić information content (AvgIpc) is 3.48. The molecule has 11 heteroatoms. The van der Waals surface area contributed by atoms with E-state index in [2.05, 4.69) is 16.0 Å². The number of halogens is 2. The molecule has 218 valence electrons. The highest BCUT2D eigenvalue weighted by atomic mass is 35.5. The topological polar surface area (TPSA) is 106 Å². The third kappa shape index (κ3) is 7.70. The minimum absolute atomic E-state index is 0.0229. The summed E-state index contributed by atoms with van der Waals surface area (Å²) < 4.78 is 10.7. The molecule has 1 aliphatic rings. The zero-order chi connectivity index (χ0) is 30.3. The van der Waals surface area contributed by atoms with Gasteiger partial charge in [0, 0.05) is 27.9 Å². The van der Waals surface area contributed by atoms with Gasteiger partial charge in [0.15, 0.2) is 11.5 Å². The lowest BCUT2D eigenvalue weighted by Crippen LogP contribution is -2.30. The fourth-order valence-corrected chi connectivity index (χ4v) is 5.25. The molecule has 0 saturated carbocycles. The first-order valence-electron chi connectivity index (χ1n) is 13.1. The third-order valence-corrected chi connectivity index (χ3v) is 8.19. The Labute approximate surface area is 262 Å². The summed E-state index contributed by atoms with van der Waals surface area (Å²) in [5.74, 6) is 0.0352. The molecular weight excluding hydrogens is 609 g/mol. The summed E-state index contributed by atoms with van der Waals surface area (Å²) in [6.45, 7) is 1.96. The SMILES string of the molecule is CC(Sc1ccc(NC(=O)/C(=C/c2cccc(Cl)c2Cl)NC(=O)c2ccccc2)cc1)C(=O)Nc1ccc2c(c1)OCO2. The second kappa shape index (κ2) is 13.7. The predicted octanol–water partition coefficient (Wildman–Crippen LogP) is 7.25. The van der Waals surface area contributed by atoms with E-state index in [1.165, 1.54) is 17.8 Å². The van der Waals surface area contributed by atoms with Crippen molar-refractivity contribution >= 4 is 70.1 Å². The van der Waals surface area contributed by atoms with Gasteiger partial charge in [0.2, 0.25) is 12.7 Å². The minimum Gasteiger partial charge on any atom is -0.454 e. The summed E-state index contributed by atoms with van der Waals surface area (Å²) in [5, 5.41) is 8.52. The lowest BCUT2D eigenvalue weighted by molar-refractivity contribution is -0.115. The van der Waals surface area contributed by atoms with Crippen molar-refractivity contribution in [3.63, 3.8) is 0 Å². The molecule has 4 aromatic rings. The number of thioether (sulfide) groups is 1. The zero-order valence-electron chi connectivity index (χ0n) is 22.7. The van der Waals surface area contributed by atoms with Crippen LogP contribution >= 0.6 is 35.0 Å². The van der Waals surface area contributed by atoms with Crippen molar-refractivity contribution in [2.45, 2.75) is 17.1 Å². The summed E-state index contributed by atoms with van der Waals surface area (Å²) in [5.41, 5.74) is 1.93. The number of amides is 3. The third-order valence-electron chi connectivity index (χ3n) is 6.24. The minimum atomic E-state index is -0.558. The number of anilines is 2. The summed E-state index contributed by atoms with van der Waals surface area (Å²) in [6, 6.07) is 25.8. The highest BCUT2D eigenvalue weighted by Crippen LogP contribution is 2.35. The molecule has 0 aliphatic carbocycles. The first-order chi connectivity index (χ1) is 20.8. The van der Waals surface area contributed by atoms with Crippen molar-refractivity contribution in [1.82, 2.24) is 5.32 Å². The summed E-state index contributed by atoms with van der Waals surface area (Å²) >= 11 is 13.9. The van der Waals surface area contributed by atoms with Crippen LogP contribution in [0.15, 0.2) is 102 Å². The normalized spacial score (nSPS) is 12.8. The van der Waals surface area contributed by atoms with E-state index in [0.717, 1.165) is 4.90 Å². The van der Waals surface area contributed by atoms with Crippen LogP contribution in [-0.2, 0) is 9.59 Å². The van der Waals surface area contributed by atoms with Gasteiger partial charge in [0.1, 0.15) is 5.70 Å². The Bertz CT molecular complexity index is 1700. The Morgan fingerprint density at radius 2 is 1.56 bits per heavy atom. The van der Waals surface area contributed by atoms with E-state index < -0.39 is 17.1 Å². The number of nitrogens with one attached hydrogen (secondary N) is 3. The Hall–Kier alpha value is -4.44. The van der Waals surface area contributed by atoms with E-state index in [0.29, 0.717) is 39.0 Å². The number of hydrogen-bond acceptors (Lipinski definition) is 6. The summed E-state index contributed by atoms with van der Waals surface area (Å²) in [6.07, 6.45) is 1.47. The van der Waals surface area contributed by atoms with Crippen LogP contribution in [0.1, 0.15) is 22.8 Å². The van der Waals surface area contributed by atoms with Crippen LogP contribution in [0.25, 0.3) is 6.08 Å². The maximum Gasteiger partial charge on any atom is 0.272 e. The van der Waals surface area contributed by atoms with Crippen LogP contribution < -0.4 is 25.4 Å². The van der Waals surface area contributed by atoms with Crippen molar-refractivity contribution in [1.29, 1.82) is 0 Å². The van der Waals surface area contributed by atoms with Crippen molar-refractivity contribution in [2.75, 3.05) is 17.4 Å². The van der Waals surface area contributed by atoms with Crippen molar-refractivity contribution in [3.8, 4) is 11.5 Å². The number of hydrogen-bond donors (Lipinski definition) is 3. The Kier molecular flexibility index (Phi) is 9.56. The summed E-state index contributed by atoms with van der Waals surface area (Å²) in [4.78, 5) is 39.8. The molecule has 0 bridgehead atoms. The van der Waals surface area contributed by atoms with Crippen LogP contribution in [0.3, 0.4) is 0 Å². The fraction of sp³-hybridized carbons (Fsp3) is 0.0938. The van der Waals surface area contributed by atoms with E-state index in [1.807, 2.05) is 0 Å². The average molecular weight is 635 g/mol. The molecule has 1 unspecified atom stereocenters. The van der Waals surface area contributed by atoms with E-state index in [4.69, 9.17) is 32.7 Å². The molecule has 8 nitrogen and oxygen atoms in total. The first-order valence-corrected chi connectivity index (χ1v) is 14.7. The van der Waals surface area contributed by atoms with Crippen molar-refractivity contribution in [3.05, 3.63) is 118 Å². The molecule has 1 aliphatic heterocycles. The van der Waals surface area contributed by atoms with E-state index in [9.17, 15) is 14.4 Å². The van der Waals surface area contributed by atoms with E-state index in [-0.39, 0.29) is 23.4 Å². The van der Waals surface area contributed by atoms with Crippen molar-refractivity contribution in [2.24, 2.45) is 0 Å². The highest BCUT2D eigenvalue weighted by Gasteiger charge is 2.19. The second-order valence-electron chi connectivity index (χ2n) is 9.32. The van der Waals surface area contributed by atoms with Gasteiger partial charge in [0.05, 0.1) is 15.3 Å². The maximum absolute atomic E-state index is 13.3. The number of carbonyl (C=O) groups is 3. The van der Waals surface area contributed by atoms with Gasteiger partial charge in [-0.1, -0.05) is 53.5 Å². The number of carbonyl (C=O) groups excluding carboxylic acids is 3. The first kappa shape index (κ1) is 30.0. The van der Waals surface area contributed by atoms with Gasteiger partial charge in [-0.05, 0) is 73.2 Å². The van der Waals surface area contributed by atoms with Gasteiger partial charge in [-0.25, -0.2) is 0 Å². The lowest BCUT2D eigenvalue weighted by Gasteiger charge is -2.14. The van der Waals surface area contributed by atoms with Gasteiger partial charge in [-0.15, -0.1) is 11.8 Å². The van der Waals surface area contributed by atoms with Crippen LogP contribution in [-0.4, -0.2) is 29.8 Å². The standard InChI is InChI=1S/C32H25Cl2N3O5S/c1-19(30(38)36-23-12-15-27-28(17-23)42-18-41-27)43-24-13-10-22(11-14-24)35-32(40)26(16-21-8-5-9-25(33)29(21)34)37-31(39)20-6-3-2-4-7-20/h2-17,19H,18H2,1H3,(H,35,40)(H,36,38)(H,37,39)/b26-16-. The monoisotopic (exact) mass is 633 g/mol. The Morgan fingerprint density at radius 3 is 2.33 bits per heavy atom. The van der Waals surface area contributed by atoms with Crippen LogP contribution in [0.2, 0.25) is 10.0 Å². The molecule has 5 rings (SSSR count). The molecule has 0 saturated heterocycles. The molecule has 3 amide bonds. The van der Waals surface area contributed by atoms with Crippen LogP contribution in [0, 0.1) is 0 Å². The van der Waals surface area contributed by atoms with Gasteiger partial charge in [0.25, 0.3) is 11.8 Å².